The van der Waals surface area contributed by atoms with Crippen molar-refractivity contribution in [1.29, 1.82) is 0 Å². The van der Waals surface area contributed by atoms with E-state index in [1.54, 1.807) is 6.92 Å². The zero-order valence-corrected chi connectivity index (χ0v) is 12.3. The maximum Gasteiger partial charge on any atom is 0.268 e. The van der Waals surface area contributed by atoms with Crippen LogP contribution >= 0.6 is 11.3 Å². The molecule has 1 unspecified atom stereocenters. The molecule has 0 aliphatic carbocycles. The van der Waals surface area contributed by atoms with E-state index in [4.69, 9.17) is 4.52 Å². The van der Waals surface area contributed by atoms with E-state index in [2.05, 4.69) is 15.5 Å². The predicted molar refractivity (Wildman–Crippen MR) is 73.6 cm³/mol. The first-order valence-corrected chi connectivity index (χ1v) is 8.65. The van der Waals surface area contributed by atoms with Gasteiger partial charge in [0, 0.05) is 12.3 Å². The molecule has 0 aliphatic heterocycles. The zero-order valence-electron chi connectivity index (χ0n) is 10.7. The predicted octanol–water partition coefficient (Wildman–Crippen LogP) is 1.32. The first-order valence-electron chi connectivity index (χ1n) is 5.71. The Labute approximate surface area is 115 Å². The minimum absolute atomic E-state index is 0.0859. The Hall–Kier alpha value is -1.25. The highest BCUT2D eigenvalue weighted by molar-refractivity contribution is 7.90. The van der Waals surface area contributed by atoms with Crippen molar-refractivity contribution < 1.29 is 12.9 Å². The first-order chi connectivity index (χ1) is 8.94. The van der Waals surface area contributed by atoms with Crippen molar-refractivity contribution in [1.82, 2.24) is 15.5 Å². The maximum atomic E-state index is 11.1. The molecule has 0 radical (unpaired) electrons. The van der Waals surface area contributed by atoms with Gasteiger partial charge in [-0.05, 0) is 18.4 Å². The van der Waals surface area contributed by atoms with Gasteiger partial charge >= 0.3 is 0 Å². The van der Waals surface area contributed by atoms with Crippen molar-refractivity contribution in [2.75, 3.05) is 12.0 Å². The normalized spacial score (nSPS) is 13.6. The lowest BCUT2D eigenvalue weighted by molar-refractivity contribution is 0.418. The van der Waals surface area contributed by atoms with E-state index in [-0.39, 0.29) is 11.8 Å². The van der Waals surface area contributed by atoms with Gasteiger partial charge in [-0.25, -0.2) is 8.42 Å². The van der Waals surface area contributed by atoms with E-state index in [0.717, 1.165) is 4.88 Å². The quantitative estimate of drug-likeness (QED) is 0.866. The number of thiophene rings is 1. The highest BCUT2D eigenvalue weighted by atomic mass is 32.2. The lowest BCUT2D eigenvalue weighted by Crippen LogP contribution is -2.32. The van der Waals surface area contributed by atoms with Crippen LogP contribution in [0.15, 0.2) is 22.0 Å². The number of nitrogens with zero attached hydrogens (tertiary/aromatic N) is 2. The molecule has 1 N–H and O–H groups in total. The topological polar surface area (TPSA) is 85.1 Å². The number of rotatable bonds is 6. The van der Waals surface area contributed by atoms with Gasteiger partial charge in [0.1, 0.15) is 9.84 Å². The summed E-state index contributed by atoms with van der Waals surface area (Å²) >= 11 is 1.53. The van der Waals surface area contributed by atoms with Crippen LogP contribution in [0.5, 0.6) is 0 Å². The highest BCUT2D eigenvalue weighted by Crippen LogP contribution is 2.22. The number of aromatic nitrogens is 2. The van der Waals surface area contributed by atoms with Crippen molar-refractivity contribution in [3.8, 4) is 10.8 Å². The third-order valence-electron chi connectivity index (χ3n) is 2.36. The van der Waals surface area contributed by atoms with Gasteiger partial charge < -0.3 is 9.84 Å². The highest BCUT2D eigenvalue weighted by Gasteiger charge is 2.13. The molecule has 6 nitrogen and oxygen atoms in total. The molecule has 0 bridgehead atoms. The molecule has 2 rings (SSSR count). The number of nitrogens with one attached hydrogen (secondary N) is 1. The minimum Gasteiger partial charge on any atom is -0.333 e. The van der Waals surface area contributed by atoms with Crippen LogP contribution in [-0.4, -0.2) is 36.6 Å². The van der Waals surface area contributed by atoms with Crippen molar-refractivity contribution in [3.63, 3.8) is 0 Å². The molecule has 0 amide bonds. The van der Waals surface area contributed by atoms with Gasteiger partial charge in [-0.1, -0.05) is 11.2 Å². The van der Waals surface area contributed by atoms with Crippen LogP contribution in [0.1, 0.15) is 12.7 Å². The summed E-state index contributed by atoms with van der Waals surface area (Å²) in [6, 6.07) is 3.66. The van der Waals surface area contributed by atoms with Gasteiger partial charge in [0.05, 0.1) is 17.2 Å². The second-order valence-corrected chi connectivity index (χ2v) is 7.50. The molecule has 0 spiro atoms. The van der Waals surface area contributed by atoms with Crippen LogP contribution in [0.4, 0.5) is 0 Å². The SMILES string of the molecule is CC(CS(C)(=O)=O)NCc1noc(-c2cccs2)n1. The second-order valence-electron chi connectivity index (χ2n) is 4.37. The molecule has 0 fully saturated rings. The van der Waals surface area contributed by atoms with Gasteiger partial charge in [-0.3, -0.25) is 0 Å². The molecule has 1 atom stereocenters. The Balaban J connectivity index is 1.91. The summed E-state index contributed by atoms with van der Waals surface area (Å²) in [5, 5.41) is 8.84. The molecule has 0 saturated heterocycles. The van der Waals surface area contributed by atoms with Crippen LogP contribution in [0.25, 0.3) is 10.8 Å². The third kappa shape index (κ3) is 4.41. The fourth-order valence-electron chi connectivity index (χ4n) is 1.60. The smallest absolute Gasteiger partial charge is 0.268 e. The lowest BCUT2D eigenvalue weighted by atomic mass is 10.4. The fraction of sp³-hybridized carbons (Fsp3) is 0.455. The van der Waals surface area contributed by atoms with Crippen LogP contribution in [0.3, 0.4) is 0 Å². The van der Waals surface area contributed by atoms with E-state index >= 15 is 0 Å². The van der Waals surface area contributed by atoms with Crippen molar-refractivity contribution in [2.45, 2.75) is 19.5 Å². The Morgan fingerprint density at radius 3 is 2.95 bits per heavy atom. The molecule has 0 aliphatic rings. The van der Waals surface area contributed by atoms with E-state index in [1.807, 2.05) is 17.5 Å². The molecule has 8 heteroatoms. The maximum absolute atomic E-state index is 11.1. The van der Waals surface area contributed by atoms with Crippen molar-refractivity contribution in [2.24, 2.45) is 0 Å². The van der Waals surface area contributed by atoms with Crippen LogP contribution in [0.2, 0.25) is 0 Å². The molecule has 19 heavy (non-hydrogen) atoms. The standard InChI is InChI=1S/C11H15N3O3S2/c1-8(7-19(2,15)16)12-6-10-13-11(17-14-10)9-4-3-5-18-9/h3-5,8,12H,6-7H2,1-2H3. The van der Waals surface area contributed by atoms with Gasteiger partial charge in [0.2, 0.25) is 0 Å². The molecule has 2 heterocycles. The second kappa shape index (κ2) is 5.81. The molecule has 2 aromatic rings. The Bertz CT molecular complexity index is 619. The summed E-state index contributed by atoms with van der Waals surface area (Å²) in [4.78, 5) is 5.16. The molecule has 0 aromatic carbocycles. The zero-order chi connectivity index (χ0) is 13.9. The summed E-state index contributed by atoms with van der Waals surface area (Å²) in [5.74, 6) is 1.09. The largest absolute Gasteiger partial charge is 0.333 e. The van der Waals surface area contributed by atoms with Crippen LogP contribution in [0, 0.1) is 0 Å². The van der Waals surface area contributed by atoms with E-state index in [0.29, 0.717) is 18.3 Å². The number of hydrogen-bond acceptors (Lipinski definition) is 7. The first kappa shape index (κ1) is 14.2. The van der Waals surface area contributed by atoms with Crippen molar-refractivity contribution in [3.05, 3.63) is 23.3 Å². The van der Waals surface area contributed by atoms with Gasteiger partial charge in [0.15, 0.2) is 5.82 Å². The van der Waals surface area contributed by atoms with Gasteiger partial charge in [0.25, 0.3) is 5.89 Å². The molecule has 0 saturated carbocycles. The van der Waals surface area contributed by atoms with E-state index < -0.39 is 9.84 Å². The van der Waals surface area contributed by atoms with Crippen LogP contribution in [-0.2, 0) is 16.4 Å². The molecular weight excluding hydrogens is 286 g/mol. The summed E-state index contributed by atoms with van der Waals surface area (Å²) in [7, 11) is -2.98. The average molecular weight is 301 g/mol. The fourth-order valence-corrected chi connectivity index (χ4v) is 3.28. The summed E-state index contributed by atoms with van der Waals surface area (Å²) < 4.78 is 27.4. The molecule has 2 aromatic heterocycles. The summed E-state index contributed by atoms with van der Waals surface area (Å²) in [6.07, 6.45) is 1.22. The number of hydrogen-bond donors (Lipinski definition) is 1. The van der Waals surface area contributed by atoms with Crippen molar-refractivity contribution >= 4 is 21.2 Å². The number of sulfone groups is 1. The minimum atomic E-state index is -2.98. The molecule has 104 valence electrons. The third-order valence-corrected chi connectivity index (χ3v) is 4.32. The summed E-state index contributed by atoms with van der Waals surface area (Å²) in [6.45, 7) is 2.19. The van der Waals surface area contributed by atoms with E-state index in [9.17, 15) is 8.42 Å². The molecular formula is C11H15N3O3S2. The van der Waals surface area contributed by atoms with Gasteiger partial charge in [-0.15, -0.1) is 11.3 Å². The Morgan fingerprint density at radius 2 is 2.32 bits per heavy atom. The summed E-state index contributed by atoms with van der Waals surface area (Å²) in [5.41, 5.74) is 0. The lowest BCUT2D eigenvalue weighted by Gasteiger charge is -2.10. The van der Waals surface area contributed by atoms with Gasteiger partial charge in [-0.2, -0.15) is 4.98 Å². The monoisotopic (exact) mass is 301 g/mol. The Morgan fingerprint density at radius 1 is 1.53 bits per heavy atom. The average Bonchev–Trinajstić information content (AvgIpc) is 2.95. The van der Waals surface area contributed by atoms with E-state index in [1.165, 1.54) is 17.6 Å². The van der Waals surface area contributed by atoms with Crippen LogP contribution < -0.4 is 5.32 Å². The Kier molecular flexibility index (Phi) is 4.33.